The highest BCUT2D eigenvalue weighted by molar-refractivity contribution is 5.49. The minimum Gasteiger partial charge on any atom is -0.507 e. The zero-order chi connectivity index (χ0) is 19.1. The van der Waals surface area contributed by atoms with Gasteiger partial charge >= 0.3 is 0 Å². The van der Waals surface area contributed by atoms with Crippen molar-refractivity contribution in [2.75, 3.05) is 0 Å². The molecule has 0 saturated carbocycles. The summed E-state index contributed by atoms with van der Waals surface area (Å²) in [6, 6.07) is 10.9. The number of rotatable bonds is 4. The van der Waals surface area contributed by atoms with Crippen molar-refractivity contribution >= 4 is 0 Å². The van der Waals surface area contributed by atoms with E-state index in [9.17, 15) is 5.11 Å². The van der Waals surface area contributed by atoms with Crippen molar-refractivity contribution in [3.63, 3.8) is 0 Å². The molecular formula is C24H32O2. The Hall–Kier alpha value is -1.96. The molecule has 2 heteroatoms. The van der Waals surface area contributed by atoms with E-state index in [2.05, 4.69) is 71.9 Å². The number of hydrogen-bond acceptors (Lipinski definition) is 2. The van der Waals surface area contributed by atoms with Gasteiger partial charge < -0.3 is 9.84 Å². The Morgan fingerprint density at radius 1 is 0.923 bits per heavy atom. The summed E-state index contributed by atoms with van der Waals surface area (Å²) in [6.07, 6.45) is 3.60. The Morgan fingerprint density at radius 2 is 1.54 bits per heavy atom. The van der Waals surface area contributed by atoms with Gasteiger partial charge in [-0.25, -0.2) is 0 Å². The van der Waals surface area contributed by atoms with E-state index in [1.807, 2.05) is 0 Å². The molecule has 1 atom stereocenters. The Morgan fingerprint density at radius 3 is 2.08 bits per heavy atom. The van der Waals surface area contributed by atoms with E-state index in [1.54, 1.807) is 0 Å². The topological polar surface area (TPSA) is 29.5 Å². The minimum atomic E-state index is -0.397. The van der Waals surface area contributed by atoms with Gasteiger partial charge in [-0.2, -0.15) is 0 Å². The van der Waals surface area contributed by atoms with Gasteiger partial charge in [-0.3, -0.25) is 0 Å². The number of hydrogen-bond donors (Lipinski definition) is 1. The van der Waals surface area contributed by atoms with Gasteiger partial charge in [0.05, 0.1) is 0 Å². The van der Waals surface area contributed by atoms with E-state index >= 15 is 0 Å². The van der Waals surface area contributed by atoms with Crippen LogP contribution in [-0.2, 0) is 30.3 Å². The first-order valence-electron chi connectivity index (χ1n) is 9.91. The van der Waals surface area contributed by atoms with Crippen molar-refractivity contribution in [3.8, 4) is 11.5 Å². The second-order valence-electron chi connectivity index (χ2n) is 8.43. The summed E-state index contributed by atoms with van der Waals surface area (Å²) in [5.74, 6) is 1.44. The van der Waals surface area contributed by atoms with E-state index in [4.69, 9.17) is 4.74 Å². The highest BCUT2D eigenvalue weighted by Gasteiger charge is 2.43. The number of fused-ring (bicyclic) bond motifs is 1. The summed E-state index contributed by atoms with van der Waals surface area (Å²) < 4.78 is 6.60. The smallest absolute Gasteiger partial charge is 0.132 e. The molecule has 1 aliphatic rings. The third-order valence-corrected chi connectivity index (χ3v) is 5.94. The predicted molar refractivity (Wildman–Crippen MR) is 108 cm³/mol. The minimum absolute atomic E-state index is 0.0319. The van der Waals surface area contributed by atoms with Crippen molar-refractivity contribution < 1.29 is 9.84 Å². The molecule has 140 valence electrons. The zero-order valence-electron chi connectivity index (χ0n) is 17.1. The first kappa shape index (κ1) is 18.8. The maximum atomic E-state index is 10.5. The number of ether oxygens (including phenoxy) is 1. The summed E-state index contributed by atoms with van der Waals surface area (Å²) in [7, 11) is 0. The number of benzene rings is 2. The van der Waals surface area contributed by atoms with E-state index in [-0.39, 0.29) is 5.41 Å². The lowest BCUT2D eigenvalue weighted by atomic mass is 9.70. The SMILES string of the molecule is CCc1ccc2c(c1)C(C)(C)CC(C)(c1cc(CC)c(O)c(CC)c1)O2. The monoisotopic (exact) mass is 352 g/mol. The van der Waals surface area contributed by atoms with Crippen molar-refractivity contribution in [1.82, 2.24) is 0 Å². The lowest BCUT2D eigenvalue weighted by molar-refractivity contribution is 0.0323. The lowest BCUT2D eigenvalue weighted by Gasteiger charge is -2.45. The third-order valence-electron chi connectivity index (χ3n) is 5.94. The predicted octanol–water partition coefficient (Wildman–Crippen LogP) is 6.05. The molecule has 0 aromatic heterocycles. The summed E-state index contributed by atoms with van der Waals surface area (Å²) in [4.78, 5) is 0. The van der Waals surface area contributed by atoms with Gasteiger partial charge in [0, 0.05) is 12.0 Å². The van der Waals surface area contributed by atoms with Crippen LogP contribution in [0.3, 0.4) is 0 Å². The summed E-state index contributed by atoms with van der Waals surface area (Å²) in [5, 5.41) is 10.5. The molecule has 2 nitrogen and oxygen atoms in total. The van der Waals surface area contributed by atoms with Crippen LogP contribution >= 0.6 is 0 Å². The Bertz CT molecular complexity index is 794. The molecule has 1 N–H and O–H groups in total. The molecule has 0 amide bonds. The number of aromatic hydroxyl groups is 1. The summed E-state index contributed by atoms with van der Waals surface area (Å²) >= 11 is 0. The average Bonchev–Trinajstić information content (AvgIpc) is 2.60. The van der Waals surface area contributed by atoms with Crippen molar-refractivity contribution in [1.29, 1.82) is 0 Å². The molecule has 2 aromatic carbocycles. The van der Waals surface area contributed by atoms with Gasteiger partial charge in [0.25, 0.3) is 0 Å². The molecule has 0 aliphatic carbocycles. The van der Waals surface area contributed by atoms with Gasteiger partial charge in [0.2, 0.25) is 0 Å². The largest absolute Gasteiger partial charge is 0.507 e. The fourth-order valence-corrected chi connectivity index (χ4v) is 4.40. The van der Waals surface area contributed by atoms with Gasteiger partial charge in [-0.15, -0.1) is 0 Å². The van der Waals surface area contributed by atoms with Crippen molar-refractivity contribution in [3.05, 3.63) is 58.1 Å². The van der Waals surface area contributed by atoms with Crippen LogP contribution in [0.4, 0.5) is 0 Å². The van der Waals surface area contributed by atoms with Crippen LogP contribution in [0.1, 0.15) is 75.8 Å². The maximum Gasteiger partial charge on any atom is 0.132 e. The molecule has 0 saturated heterocycles. The first-order chi connectivity index (χ1) is 12.2. The molecule has 0 spiro atoms. The van der Waals surface area contributed by atoms with Crippen LogP contribution in [0.2, 0.25) is 0 Å². The molecule has 0 fully saturated rings. The molecule has 26 heavy (non-hydrogen) atoms. The van der Waals surface area contributed by atoms with E-state index in [1.165, 1.54) is 16.7 Å². The Labute approximate surface area is 158 Å². The molecule has 1 aliphatic heterocycles. The highest BCUT2D eigenvalue weighted by Crippen LogP contribution is 2.49. The zero-order valence-corrected chi connectivity index (χ0v) is 17.1. The van der Waals surface area contributed by atoms with Gasteiger partial charge in [-0.1, -0.05) is 46.8 Å². The van der Waals surface area contributed by atoms with Crippen LogP contribution in [0.5, 0.6) is 11.5 Å². The van der Waals surface area contributed by atoms with Gasteiger partial charge in [0.15, 0.2) is 0 Å². The number of aryl methyl sites for hydroxylation is 3. The van der Waals surface area contributed by atoms with Crippen LogP contribution in [-0.4, -0.2) is 5.11 Å². The lowest BCUT2D eigenvalue weighted by Crippen LogP contribution is -2.41. The summed E-state index contributed by atoms with van der Waals surface area (Å²) in [5.41, 5.74) is 5.48. The fraction of sp³-hybridized carbons (Fsp3) is 0.500. The summed E-state index contributed by atoms with van der Waals surface area (Å²) in [6.45, 7) is 13.2. The van der Waals surface area contributed by atoms with E-state index in [0.717, 1.165) is 42.6 Å². The Kier molecular flexibility index (Phi) is 4.81. The first-order valence-corrected chi connectivity index (χ1v) is 9.91. The highest BCUT2D eigenvalue weighted by atomic mass is 16.5. The van der Waals surface area contributed by atoms with Gasteiger partial charge in [-0.05, 0) is 72.1 Å². The second-order valence-corrected chi connectivity index (χ2v) is 8.43. The number of phenolic OH excluding ortho intramolecular Hbond substituents is 1. The Balaban J connectivity index is 2.11. The molecule has 0 bridgehead atoms. The maximum absolute atomic E-state index is 10.5. The van der Waals surface area contributed by atoms with E-state index < -0.39 is 5.60 Å². The molecule has 1 heterocycles. The van der Waals surface area contributed by atoms with Gasteiger partial charge in [0.1, 0.15) is 17.1 Å². The molecule has 0 radical (unpaired) electrons. The second kappa shape index (κ2) is 6.64. The van der Waals surface area contributed by atoms with Crippen molar-refractivity contribution in [2.45, 2.75) is 78.2 Å². The van der Waals surface area contributed by atoms with E-state index in [0.29, 0.717) is 5.75 Å². The number of phenols is 1. The quantitative estimate of drug-likeness (QED) is 0.725. The molecular weight excluding hydrogens is 320 g/mol. The van der Waals surface area contributed by atoms with Crippen LogP contribution in [0.15, 0.2) is 30.3 Å². The van der Waals surface area contributed by atoms with Crippen LogP contribution in [0, 0.1) is 0 Å². The molecule has 1 unspecified atom stereocenters. The molecule has 3 rings (SSSR count). The van der Waals surface area contributed by atoms with Crippen LogP contribution < -0.4 is 4.74 Å². The van der Waals surface area contributed by atoms with Crippen LogP contribution in [0.25, 0.3) is 0 Å². The normalized spacial score (nSPS) is 21.2. The molecule has 2 aromatic rings. The standard InChI is InChI=1S/C24H32O2/c1-7-16-10-11-21-20(12-16)23(4,5)15-24(6,26-21)19-13-17(8-2)22(25)18(9-3)14-19/h10-14,25H,7-9,15H2,1-6H3. The van der Waals surface area contributed by atoms with Crippen molar-refractivity contribution in [2.24, 2.45) is 0 Å². The third kappa shape index (κ3) is 3.11. The average molecular weight is 353 g/mol. The fourth-order valence-electron chi connectivity index (χ4n) is 4.40.